The van der Waals surface area contributed by atoms with E-state index in [-0.39, 0.29) is 18.9 Å². The van der Waals surface area contributed by atoms with Gasteiger partial charge in [-0.15, -0.1) is 0 Å². The van der Waals surface area contributed by atoms with Gasteiger partial charge in [-0.1, -0.05) is 12.1 Å². The van der Waals surface area contributed by atoms with E-state index in [4.69, 9.17) is 9.47 Å². The molecule has 9 heteroatoms. The van der Waals surface area contributed by atoms with Crippen molar-refractivity contribution in [2.75, 3.05) is 35.6 Å². The number of hydrogen-bond acceptors (Lipinski definition) is 6. The van der Waals surface area contributed by atoms with E-state index >= 15 is 0 Å². The number of hydrogen-bond donors (Lipinski definition) is 1. The van der Waals surface area contributed by atoms with Gasteiger partial charge in [0.1, 0.15) is 13.2 Å². The highest BCUT2D eigenvalue weighted by Gasteiger charge is 2.21. The van der Waals surface area contributed by atoms with Crippen LogP contribution in [0, 0.1) is 0 Å². The van der Waals surface area contributed by atoms with Gasteiger partial charge < -0.3 is 14.8 Å². The van der Waals surface area contributed by atoms with Crippen LogP contribution in [0.1, 0.15) is 24.0 Å². The molecule has 4 rings (SSSR count). The Morgan fingerprint density at radius 3 is 2.35 bits per heavy atom. The van der Waals surface area contributed by atoms with Crippen molar-refractivity contribution in [3.05, 3.63) is 78.1 Å². The summed E-state index contributed by atoms with van der Waals surface area (Å²) < 4.78 is 37.1. The van der Waals surface area contributed by atoms with Gasteiger partial charge >= 0.3 is 0 Å². The maximum absolute atomic E-state index is 12.4. The Kier molecular flexibility index (Phi) is 7.32. The first-order valence-corrected chi connectivity index (χ1v) is 12.9. The number of aromatic nitrogens is 1. The summed E-state index contributed by atoms with van der Waals surface area (Å²) in [5, 5.41) is 2.87. The van der Waals surface area contributed by atoms with Crippen molar-refractivity contribution < 1.29 is 22.7 Å². The Morgan fingerprint density at radius 2 is 1.65 bits per heavy atom. The van der Waals surface area contributed by atoms with Crippen LogP contribution < -0.4 is 19.1 Å². The lowest BCUT2D eigenvalue weighted by Gasteiger charge is -2.25. The zero-order valence-corrected chi connectivity index (χ0v) is 19.8. The summed E-state index contributed by atoms with van der Waals surface area (Å²) in [5.74, 6) is 0.939. The van der Waals surface area contributed by atoms with E-state index in [1.54, 1.807) is 30.6 Å². The third kappa shape index (κ3) is 6.26. The standard InChI is InChI=1S/C25H27N3O5S/c1-34(30,31)28(22-8-9-23-24(18-22)33-16-15-32-23)14-2-3-25(29)27-21-6-4-19(5-7-21)17-20-10-12-26-13-11-20/h4-13,18H,2-3,14-17H2,1H3,(H,27,29). The summed E-state index contributed by atoms with van der Waals surface area (Å²) in [6.07, 6.45) is 6.03. The molecule has 0 saturated carbocycles. The zero-order valence-electron chi connectivity index (χ0n) is 18.9. The van der Waals surface area contributed by atoms with E-state index in [0.29, 0.717) is 42.5 Å². The summed E-state index contributed by atoms with van der Waals surface area (Å²) in [7, 11) is -3.53. The molecule has 8 nitrogen and oxygen atoms in total. The number of nitrogens with one attached hydrogen (secondary N) is 1. The average molecular weight is 482 g/mol. The smallest absolute Gasteiger partial charge is 0.232 e. The summed E-state index contributed by atoms with van der Waals surface area (Å²) in [6, 6.07) is 16.7. The summed E-state index contributed by atoms with van der Waals surface area (Å²) in [6.45, 7) is 1.06. The number of carbonyl (C=O) groups is 1. The van der Waals surface area contributed by atoms with Crippen molar-refractivity contribution in [3.63, 3.8) is 0 Å². The third-order valence-corrected chi connectivity index (χ3v) is 6.57. The van der Waals surface area contributed by atoms with Gasteiger partial charge in [0.15, 0.2) is 11.5 Å². The molecule has 34 heavy (non-hydrogen) atoms. The number of amides is 1. The topological polar surface area (TPSA) is 97.8 Å². The second-order valence-electron chi connectivity index (χ2n) is 8.04. The van der Waals surface area contributed by atoms with Gasteiger partial charge in [-0.3, -0.25) is 14.1 Å². The van der Waals surface area contributed by atoms with Crippen molar-refractivity contribution in [1.29, 1.82) is 0 Å². The number of sulfonamides is 1. The van der Waals surface area contributed by atoms with Crippen LogP contribution in [0.5, 0.6) is 11.5 Å². The molecule has 178 valence electrons. The first-order valence-electron chi connectivity index (χ1n) is 11.0. The predicted octanol–water partition coefficient (Wildman–Crippen LogP) is 3.63. The van der Waals surface area contributed by atoms with Crippen LogP contribution in [0.4, 0.5) is 11.4 Å². The zero-order chi connectivity index (χ0) is 24.0. The molecule has 0 atom stereocenters. The molecule has 0 fully saturated rings. The van der Waals surface area contributed by atoms with Crippen LogP contribution in [0.2, 0.25) is 0 Å². The molecule has 1 aliphatic heterocycles. The van der Waals surface area contributed by atoms with E-state index in [2.05, 4.69) is 10.3 Å². The Morgan fingerprint density at radius 1 is 0.971 bits per heavy atom. The van der Waals surface area contributed by atoms with Crippen LogP contribution in [-0.4, -0.2) is 45.3 Å². The summed E-state index contributed by atoms with van der Waals surface area (Å²) in [4.78, 5) is 16.4. The number of fused-ring (bicyclic) bond motifs is 1. The van der Waals surface area contributed by atoms with Crippen LogP contribution in [0.25, 0.3) is 0 Å². The Bertz CT molecular complexity index is 1230. The number of anilines is 2. The monoisotopic (exact) mass is 481 g/mol. The van der Waals surface area contributed by atoms with Crippen molar-refractivity contribution in [2.24, 2.45) is 0 Å². The molecule has 1 N–H and O–H groups in total. The molecule has 3 aromatic rings. The van der Waals surface area contributed by atoms with E-state index in [1.807, 2.05) is 36.4 Å². The highest BCUT2D eigenvalue weighted by Crippen LogP contribution is 2.34. The lowest BCUT2D eigenvalue weighted by molar-refractivity contribution is -0.116. The van der Waals surface area contributed by atoms with Gasteiger partial charge in [-0.05, 0) is 60.4 Å². The Labute approximate surface area is 199 Å². The third-order valence-electron chi connectivity index (χ3n) is 5.37. The Hall–Kier alpha value is -3.59. The normalized spacial score (nSPS) is 12.7. The quantitative estimate of drug-likeness (QED) is 0.501. The molecule has 1 aromatic heterocycles. The molecule has 2 heterocycles. The van der Waals surface area contributed by atoms with Crippen LogP contribution in [-0.2, 0) is 21.2 Å². The Balaban J connectivity index is 1.31. The minimum Gasteiger partial charge on any atom is -0.486 e. The van der Waals surface area contributed by atoms with E-state index < -0.39 is 10.0 Å². The van der Waals surface area contributed by atoms with E-state index in [9.17, 15) is 13.2 Å². The van der Waals surface area contributed by atoms with Gasteiger partial charge in [-0.25, -0.2) is 8.42 Å². The van der Waals surface area contributed by atoms with E-state index in [1.165, 1.54) is 9.87 Å². The molecular formula is C25H27N3O5S. The number of nitrogens with zero attached hydrogens (tertiary/aromatic N) is 2. The van der Waals surface area contributed by atoms with Gasteiger partial charge in [-0.2, -0.15) is 0 Å². The minimum atomic E-state index is -3.53. The van der Waals surface area contributed by atoms with Crippen LogP contribution in [0.3, 0.4) is 0 Å². The molecule has 0 spiro atoms. The number of benzene rings is 2. The fourth-order valence-electron chi connectivity index (χ4n) is 3.72. The van der Waals surface area contributed by atoms with Crippen molar-refractivity contribution in [1.82, 2.24) is 4.98 Å². The first kappa shape index (κ1) is 23.6. The highest BCUT2D eigenvalue weighted by molar-refractivity contribution is 7.92. The van der Waals surface area contributed by atoms with Crippen molar-refractivity contribution >= 4 is 27.3 Å². The maximum atomic E-state index is 12.4. The van der Waals surface area contributed by atoms with Crippen molar-refractivity contribution in [3.8, 4) is 11.5 Å². The molecule has 0 aliphatic carbocycles. The van der Waals surface area contributed by atoms with Crippen LogP contribution >= 0.6 is 0 Å². The maximum Gasteiger partial charge on any atom is 0.232 e. The molecule has 0 unspecified atom stereocenters. The predicted molar refractivity (Wildman–Crippen MR) is 131 cm³/mol. The molecule has 0 bridgehead atoms. The average Bonchev–Trinajstić information content (AvgIpc) is 2.83. The SMILES string of the molecule is CS(=O)(=O)N(CCCC(=O)Nc1ccc(Cc2ccncc2)cc1)c1ccc2c(c1)OCCO2. The number of ether oxygens (including phenoxy) is 2. The highest BCUT2D eigenvalue weighted by atomic mass is 32.2. The lowest BCUT2D eigenvalue weighted by atomic mass is 10.1. The second kappa shape index (κ2) is 10.6. The summed E-state index contributed by atoms with van der Waals surface area (Å²) >= 11 is 0. The molecule has 1 amide bonds. The number of carbonyl (C=O) groups excluding carboxylic acids is 1. The molecule has 1 aliphatic rings. The minimum absolute atomic E-state index is 0.169. The first-order chi connectivity index (χ1) is 16.4. The van der Waals surface area contributed by atoms with Gasteiger partial charge in [0, 0.05) is 37.1 Å². The molecule has 0 radical (unpaired) electrons. The largest absolute Gasteiger partial charge is 0.486 e. The second-order valence-corrected chi connectivity index (χ2v) is 9.95. The van der Waals surface area contributed by atoms with Crippen LogP contribution in [0.15, 0.2) is 67.0 Å². The fraction of sp³-hybridized carbons (Fsp3) is 0.280. The molecular weight excluding hydrogens is 454 g/mol. The molecule has 2 aromatic carbocycles. The fourth-order valence-corrected chi connectivity index (χ4v) is 4.68. The van der Waals surface area contributed by atoms with Gasteiger partial charge in [0.05, 0.1) is 11.9 Å². The lowest BCUT2D eigenvalue weighted by Crippen LogP contribution is -2.31. The van der Waals surface area contributed by atoms with Gasteiger partial charge in [0.2, 0.25) is 15.9 Å². The molecule has 0 saturated heterocycles. The van der Waals surface area contributed by atoms with E-state index in [0.717, 1.165) is 18.2 Å². The number of rotatable bonds is 9. The van der Waals surface area contributed by atoms with Gasteiger partial charge in [0.25, 0.3) is 0 Å². The number of pyridine rings is 1. The summed E-state index contributed by atoms with van der Waals surface area (Å²) in [5.41, 5.74) is 3.49. The van der Waals surface area contributed by atoms with Crippen molar-refractivity contribution in [2.45, 2.75) is 19.3 Å².